The second-order valence-corrected chi connectivity index (χ2v) is 5.35. The summed E-state index contributed by atoms with van der Waals surface area (Å²) in [7, 11) is 1.62. The number of pyridine rings is 1. The highest BCUT2D eigenvalue weighted by molar-refractivity contribution is 6.06. The van der Waals surface area contributed by atoms with Crippen LogP contribution in [0.15, 0.2) is 42.7 Å². The average molecular weight is 354 g/mol. The first-order chi connectivity index (χ1) is 12.4. The summed E-state index contributed by atoms with van der Waals surface area (Å²) in [4.78, 5) is 16.2. The first-order valence-electron chi connectivity index (χ1n) is 7.39. The van der Waals surface area contributed by atoms with Crippen LogP contribution in [0.2, 0.25) is 0 Å². The smallest absolute Gasteiger partial charge is 0.279 e. The van der Waals surface area contributed by atoms with E-state index in [1.54, 1.807) is 7.05 Å². The predicted molar refractivity (Wildman–Crippen MR) is 89.8 cm³/mol. The van der Waals surface area contributed by atoms with Crippen LogP contribution in [0.4, 0.5) is 26.0 Å². The van der Waals surface area contributed by atoms with E-state index in [0.717, 1.165) is 18.3 Å². The molecule has 0 spiro atoms. The fourth-order valence-corrected chi connectivity index (χ4v) is 2.25. The Morgan fingerprint density at radius 2 is 2.04 bits per heavy atom. The summed E-state index contributed by atoms with van der Waals surface area (Å²) in [6, 6.07) is 8.07. The Morgan fingerprint density at radius 1 is 1.23 bits per heavy atom. The van der Waals surface area contributed by atoms with E-state index in [4.69, 9.17) is 5.26 Å². The van der Waals surface area contributed by atoms with Crippen molar-refractivity contribution in [1.29, 1.82) is 5.26 Å². The zero-order chi connectivity index (χ0) is 18.7. The molecular formula is C17H12F2N6O. The lowest BCUT2D eigenvalue weighted by atomic mass is 10.2. The van der Waals surface area contributed by atoms with Crippen LogP contribution in [0.3, 0.4) is 0 Å². The zero-order valence-corrected chi connectivity index (χ0v) is 13.5. The van der Waals surface area contributed by atoms with Crippen LogP contribution in [0.5, 0.6) is 0 Å². The lowest BCUT2D eigenvalue weighted by molar-refractivity contribution is 0.102. The van der Waals surface area contributed by atoms with Crippen LogP contribution in [-0.2, 0) is 7.05 Å². The van der Waals surface area contributed by atoms with Crippen LogP contribution in [-0.4, -0.2) is 20.7 Å². The van der Waals surface area contributed by atoms with Crippen LogP contribution in [0.25, 0.3) is 0 Å². The minimum absolute atomic E-state index is 0.0291. The van der Waals surface area contributed by atoms with Gasteiger partial charge in [-0.3, -0.25) is 9.48 Å². The Labute approximate surface area is 146 Å². The lowest BCUT2D eigenvalue weighted by Gasteiger charge is -2.07. The normalized spacial score (nSPS) is 10.2. The molecule has 0 radical (unpaired) electrons. The maximum Gasteiger partial charge on any atom is 0.279 e. The van der Waals surface area contributed by atoms with Gasteiger partial charge in [0.05, 0.1) is 23.5 Å². The van der Waals surface area contributed by atoms with Crippen molar-refractivity contribution in [3.8, 4) is 6.07 Å². The maximum absolute atomic E-state index is 13.6. The van der Waals surface area contributed by atoms with Gasteiger partial charge in [0.2, 0.25) is 0 Å². The molecule has 0 aliphatic rings. The summed E-state index contributed by atoms with van der Waals surface area (Å²) in [5, 5.41) is 18.4. The van der Waals surface area contributed by atoms with Crippen molar-refractivity contribution in [2.75, 3.05) is 10.6 Å². The number of hydrogen-bond acceptors (Lipinski definition) is 5. The number of rotatable bonds is 4. The van der Waals surface area contributed by atoms with Crippen molar-refractivity contribution < 1.29 is 13.6 Å². The van der Waals surface area contributed by atoms with Gasteiger partial charge in [-0.1, -0.05) is 0 Å². The summed E-state index contributed by atoms with van der Waals surface area (Å²) in [5.74, 6) is -1.53. The van der Waals surface area contributed by atoms with Gasteiger partial charge in [0.15, 0.2) is 5.69 Å². The van der Waals surface area contributed by atoms with E-state index in [2.05, 4.69) is 20.7 Å². The second kappa shape index (κ2) is 6.98. The largest absolute Gasteiger partial charge is 0.352 e. The summed E-state index contributed by atoms with van der Waals surface area (Å²) in [6.07, 6.45) is 2.51. The van der Waals surface area contributed by atoms with Crippen LogP contribution in [0.1, 0.15) is 16.1 Å². The topological polar surface area (TPSA) is 95.6 Å². The molecule has 2 heterocycles. The monoisotopic (exact) mass is 354 g/mol. The van der Waals surface area contributed by atoms with Crippen molar-refractivity contribution in [3.05, 3.63) is 65.6 Å². The summed E-state index contributed by atoms with van der Waals surface area (Å²) in [5.41, 5.74) is 0.768. The molecule has 2 N–H and O–H groups in total. The number of hydrogen-bond donors (Lipinski definition) is 2. The SMILES string of the molecule is Cn1cc(Nc2cc(F)cc(C#N)c2)c(C(=O)Nc2ccc(F)cn2)n1. The molecule has 130 valence electrons. The number of aromatic nitrogens is 3. The summed E-state index contributed by atoms with van der Waals surface area (Å²) in [6.45, 7) is 0. The van der Waals surface area contributed by atoms with Crippen LogP contribution in [0, 0.1) is 23.0 Å². The third-order valence-electron chi connectivity index (χ3n) is 3.32. The van der Waals surface area contributed by atoms with E-state index < -0.39 is 17.5 Å². The molecule has 0 fully saturated rings. The maximum atomic E-state index is 13.6. The molecule has 0 saturated carbocycles. The average Bonchev–Trinajstić information content (AvgIpc) is 2.96. The molecule has 1 aromatic carbocycles. The van der Waals surface area contributed by atoms with Crippen molar-refractivity contribution in [2.45, 2.75) is 0 Å². The van der Waals surface area contributed by atoms with E-state index in [0.29, 0.717) is 11.4 Å². The lowest BCUT2D eigenvalue weighted by Crippen LogP contribution is -2.15. The number of halogens is 2. The molecule has 3 rings (SSSR count). The van der Waals surface area contributed by atoms with Crippen LogP contribution >= 0.6 is 0 Å². The molecule has 3 aromatic rings. The number of carbonyl (C=O) groups excluding carboxylic acids is 1. The van der Waals surface area contributed by atoms with Crippen molar-refractivity contribution in [1.82, 2.24) is 14.8 Å². The van der Waals surface area contributed by atoms with Gasteiger partial charge in [-0.15, -0.1) is 0 Å². The molecular weight excluding hydrogens is 342 g/mol. The summed E-state index contributed by atoms with van der Waals surface area (Å²) < 4.78 is 27.9. The number of nitrogens with one attached hydrogen (secondary N) is 2. The Balaban J connectivity index is 1.86. The standard InChI is InChI=1S/C17H12F2N6O/c1-25-9-14(22-13-5-10(7-20)4-12(19)6-13)16(24-25)17(26)23-15-3-2-11(18)8-21-15/h2-6,8-9,22H,1H3,(H,21,23,26). The predicted octanol–water partition coefficient (Wildman–Crippen LogP) is 2.96. The number of amides is 1. The molecule has 0 aliphatic carbocycles. The number of nitrogens with zero attached hydrogens (tertiary/aromatic N) is 4. The van der Waals surface area contributed by atoms with Gasteiger partial charge in [-0.05, 0) is 30.3 Å². The number of carbonyl (C=O) groups is 1. The van der Waals surface area contributed by atoms with E-state index in [1.807, 2.05) is 6.07 Å². The molecule has 0 bridgehead atoms. The molecule has 7 nitrogen and oxygen atoms in total. The van der Waals surface area contributed by atoms with Crippen molar-refractivity contribution in [2.24, 2.45) is 7.05 Å². The summed E-state index contributed by atoms with van der Waals surface area (Å²) >= 11 is 0. The highest BCUT2D eigenvalue weighted by Crippen LogP contribution is 2.22. The van der Waals surface area contributed by atoms with E-state index in [1.165, 1.54) is 29.1 Å². The molecule has 0 atom stereocenters. The van der Waals surface area contributed by atoms with Gasteiger partial charge in [0.1, 0.15) is 17.5 Å². The van der Waals surface area contributed by atoms with Gasteiger partial charge < -0.3 is 10.6 Å². The van der Waals surface area contributed by atoms with Gasteiger partial charge in [0, 0.05) is 18.9 Å². The Hall–Kier alpha value is -3.80. The molecule has 1 amide bonds. The highest BCUT2D eigenvalue weighted by atomic mass is 19.1. The third kappa shape index (κ3) is 3.81. The third-order valence-corrected chi connectivity index (χ3v) is 3.32. The quantitative estimate of drug-likeness (QED) is 0.751. The number of nitriles is 1. The van der Waals surface area contributed by atoms with Gasteiger partial charge >= 0.3 is 0 Å². The molecule has 26 heavy (non-hydrogen) atoms. The van der Waals surface area contributed by atoms with Gasteiger partial charge in [-0.2, -0.15) is 10.4 Å². The molecule has 0 saturated heterocycles. The molecule has 0 aliphatic heterocycles. The fourth-order valence-electron chi connectivity index (χ4n) is 2.25. The van der Waals surface area contributed by atoms with E-state index in [-0.39, 0.29) is 17.1 Å². The van der Waals surface area contributed by atoms with E-state index >= 15 is 0 Å². The Morgan fingerprint density at radius 3 is 2.73 bits per heavy atom. The first kappa shape index (κ1) is 17.0. The molecule has 9 heteroatoms. The highest BCUT2D eigenvalue weighted by Gasteiger charge is 2.17. The van der Waals surface area contributed by atoms with Gasteiger partial charge in [-0.25, -0.2) is 13.8 Å². The Bertz CT molecular complexity index is 1010. The first-order valence-corrected chi connectivity index (χ1v) is 7.39. The molecule has 2 aromatic heterocycles. The zero-order valence-electron chi connectivity index (χ0n) is 13.5. The van der Waals surface area contributed by atoms with Crippen LogP contribution < -0.4 is 10.6 Å². The Kier molecular flexibility index (Phi) is 4.57. The number of anilines is 3. The second-order valence-electron chi connectivity index (χ2n) is 5.35. The number of benzene rings is 1. The van der Waals surface area contributed by atoms with Gasteiger partial charge in [0.25, 0.3) is 5.91 Å². The number of aryl methyl sites for hydroxylation is 1. The van der Waals surface area contributed by atoms with Crippen molar-refractivity contribution in [3.63, 3.8) is 0 Å². The minimum Gasteiger partial charge on any atom is -0.352 e. The van der Waals surface area contributed by atoms with E-state index in [9.17, 15) is 13.6 Å². The fraction of sp³-hybridized carbons (Fsp3) is 0.0588. The van der Waals surface area contributed by atoms with Crippen molar-refractivity contribution >= 4 is 23.1 Å². The minimum atomic E-state index is -0.586. The molecule has 0 unspecified atom stereocenters.